The molecule has 4 rings (SSSR count). The van der Waals surface area contributed by atoms with E-state index in [0.29, 0.717) is 11.2 Å². The molecule has 0 saturated carbocycles. The number of rotatable bonds is 1. The first kappa shape index (κ1) is 15.4. The van der Waals surface area contributed by atoms with Crippen LogP contribution < -0.4 is 10.9 Å². The van der Waals surface area contributed by atoms with E-state index in [1.165, 1.54) is 12.1 Å². The molecule has 2 amide bonds. The molecule has 0 bridgehead atoms. The van der Waals surface area contributed by atoms with Gasteiger partial charge in [-0.2, -0.15) is 0 Å². The molecule has 2 aromatic carbocycles. The second-order valence-corrected chi connectivity index (χ2v) is 5.03. The maximum Gasteiger partial charge on any atom is 0.336 e. The fourth-order valence-corrected chi connectivity index (χ4v) is 2.26. The summed E-state index contributed by atoms with van der Waals surface area (Å²) in [5.41, 5.74) is 1.54. The zero-order valence-corrected chi connectivity index (χ0v) is 12.6. The highest BCUT2D eigenvalue weighted by Crippen LogP contribution is 2.16. The third-order valence-corrected chi connectivity index (χ3v) is 3.37. The van der Waals surface area contributed by atoms with Crippen LogP contribution in [0.25, 0.3) is 16.5 Å². The van der Waals surface area contributed by atoms with Gasteiger partial charge in [-0.1, -0.05) is 48.5 Å². The van der Waals surface area contributed by atoms with Crippen LogP contribution >= 0.6 is 0 Å². The summed E-state index contributed by atoms with van der Waals surface area (Å²) in [5.74, 6) is -0.667. The third kappa shape index (κ3) is 3.47. The molecule has 0 aliphatic carbocycles. The molecule has 1 aliphatic heterocycles. The molecule has 118 valence electrons. The van der Waals surface area contributed by atoms with Crippen molar-refractivity contribution in [1.29, 1.82) is 0 Å². The lowest BCUT2D eigenvalue weighted by molar-refractivity contribution is -0.123. The number of carbonyl (C=O) groups is 2. The normalized spacial score (nSPS) is 13.1. The van der Waals surface area contributed by atoms with Gasteiger partial charge in [-0.05, 0) is 17.7 Å². The Hall–Kier alpha value is -3.47. The standard InChI is InChI=1S/C10H7NO2.C9H6O2/c12-9-6-8(10(13)11-9)7-4-2-1-3-5-7;10-9-6-5-7-3-1-2-4-8(7)11-9/h1-6H,(H,11,12,13);1-6H. The number of fused-ring (bicyclic) bond motifs is 1. The van der Waals surface area contributed by atoms with E-state index in [1.54, 1.807) is 24.3 Å². The van der Waals surface area contributed by atoms with Crippen LogP contribution in [0.1, 0.15) is 5.56 Å². The van der Waals surface area contributed by atoms with Crippen LogP contribution in [0, 0.1) is 0 Å². The predicted octanol–water partition coefficient (Wildman–Crippen LogP) is 2.52. The Labute approximate surface area is 137 Å². The van der Waals surface area contributed by atoms with E-state index < -0.39 is 0 Å². The van der Waals surface area contributed by atoms with Crippen LogP contribution in [-0.4, -0.2) is 11.8 Å². The first-order valence-electron chi connectivity index (χ1n) is 7.25. The van der Waals surface area contributed by atoms with E-state index in [1.807, 2.05) is 36.4 Å². The Bertz CT molecular complexity index is 987. The molecule has 5 heteroatoms. The lowest BCUT2D eigenvalue weighted by Gasteiger charge is -1.97. The van der Waals surface area contributed by atoms with Gasteiger partial charge in [0.25, 0.3) is 11.8 Å². The van der Waals surface area contributed by atoms with Crippen molar-refractivity contribution in [2.45, 2.75) is 0 Å². The fraction of sp³-hybridized carbons (Fsp3) is 0. The van der Waals surface area contributed by atoms with Crippen molar-refractivity contribution < 1.29 is 14.0 Å². The van der Waals surface area contributed by atoms with Crippen LogP contribution in [0.15, 0.2) is 82.0 Å². The predicted molar refractivity (Wildman–Crippen MR) is 90.1 cm³/mol. The number of hydrogen-bond donors (Lipinski definition) is 1. The summed E-state index contributed by atoms with van der Waals surface area (Å²) in [6, 6.07) is 19.7. The van der Waals surface area contributed by atoms with E-state index in [0.717, 1.165) is 10.9 Å². The van der Waals surface area contributed by atoms with Crippen LogP contribution in [0.5, 0.6) is 0 Å². The zero-order valence-electron chi connectivity index (χ0n) is 12.6. The largest absolute Gasteiger partial charge is 0.423 e. The molecule has 0 spiro atoms. The molecule has 1 N–H and O–H groups in total. The van der Waals surface area contributed by atoms with Gasteiger partial charge in [-0.15, -0.1) is 0 Å². The minimum atomic E-state index is -0.344. The molecular weight excluding hydrogens is 306 g/mol. The van der Waals surface area contributed by atoms with E-state index >= 15 is 0 Å². The summed E-state index contributed by atoms with van der Waals surface area (Å²) >= 11 is 0. The second-order valence-electron chi connectivity index (χ2n) is 5.03. The maximum atomic E-state index is 11.2. The van der Waals surface area contributed by atoms with Gasteiger partial charge in [0, 0.05) is 17.5 Å². The van der Waals surface area contributed by atoms with Crippen molar-refractivity contribution in [3.63, 3.8) is 0 Å². The van der Waals surface area contributed by atoms with Crippen molar-refractivity contribution in [2.75, 3.05) is 0 Å². The smallest absolute Gasteiger partial charge is 0.336 e. The number of carbonyl (C=O) groups excluding carboxylic acids is 2. The zero-order chi connectivity index (χ0) is 16.9. The molecule has 24 heavy (non-hydrogen) atoms. The summed E-state index contributed by atoms with van der Waals surface area (Å²) in [7, 11) is 0. The molecule has 1 aromatic heterocycles. The highest BCUT2D eigenvalue weighted by atomic mass is 16.4. The molecule has 0 saturated heterocycles. The molecule has 2 heterocycles. The summed E-state index contributed by atoms with van der Waals surface area (Å²) < 4.78 is 4.91. The molecule has 0 fully saturated rings. The van der Waals surface area contributed by atoms with Gasteiger partial charge in [0.1, 0.15) is 5.58 Å². The summed E-state index contributed by atoms with van der Waals surface area (Å²) in [6.07, 6.45) is 1.32. The Morgan fingerprint density at radius 1 is 0.750 bits per heavy atom. The summed E-state index contributed by atoms with van der Waals surface area (Å²) in [4.78, 5) is 32.7. The van der Waals surface area contributed by atoms with E-state index in [2.05, 4.69) is 5.32 Å². The number of nitrogens with one attached hydrogen (secondary N) is 1. The van der Waals surface area contributed by atoms with Crippen LogP contribution in [0.4, 0.5) is 0 Å². The molecule has 1 aliphatic rings. The fourth-order valence-electron chi connectivity index (χ4n) is 2.26. The first-order valence-corrected chi connectivity index (χ1v) is 7.25. The monoisotopic (exact) mass is 319 g/mol. The van der Waals surface area contributed by atoms with Crippen molar-refractivity contribution in [3.8, 4) is 0 Å². The molecule has 3 aromatic rings. The lowest BCUT2D eigenvalue weighted by atomic mass is 10.1. The number of benzene rings is 2. The Morgan fingerprint density at radius 2 is 1.46 bits per heavy atom. The highest BCUT2D eigenvalue weighted by molar-refractivity contribution is 6.33. The Morgan fingerprint density at radius 3 is 2.17 bits per heavy atom. The van der Waals surface area contributed by atoms with E-state index in [9.17, 15) is 14.4 Å². The molecule has 0 atom stereocenters. The lowest BCUT2D eigenvalue weighted by Crippen LogP contribution is -2.21. The van der Waals surface area contributed by atoms with Gasteiger partial charge in [-0.25, -0.2) is 4.79 Å². The summed E-state index contributed by atoms with van der Waals surface area (Å²) in [6.45, 7) is 0. The average Bonchev–Trinajstić information content (AvgIpc) is 2.94. The van der Waals surface area contributed by atoms with Gasteiger partial charge in [0.2, 0.25) is 0 Å². The maximum absolute atomic E-state index is 11.2. The average molecular weight is 319 g/mol. The summed E-state index contributed by atoms with van der Waals surface area (Å²) in [5, 5.41) is 3.15. The first-order chi connectivity index (χ1) is 11.6. The topological polar surface area (TPSA) is 76.4 Å². The molecular formula is C19H13NO4. The van der Waals surface area contributed by atoms with Crippen LogP contribution in [-0.2, 0) is 9.59 Å². The van der Waals surface area contributed by atoms with Crippen molar-refractivity contribution in [1.82, 2.24) is 5.32 Å². The number of hydrogen-bond acceptors (Lipinski definition) is 4. The molecule has 0 unspecified atom stereocenters. The van der Waals surface area contributed by atoms with Gasteiger partial charge in [0.05, 0.1) is 5.57 Å². The van der Waals surface area contributed by atoms with Gasteiger partial charge in [0.15, 0.2) is 0 Å². The van der Waals surface area contributed by atoms with Gasteiger partial charge in [-0.3, -0.25) is 14.9 Å². The quantitative estimate of drug-likeness (QED) is 0.552. The van der Waals surface area contributed by atoms with Gasteiger partial charge < -0.3 is 4.42 Å². The van der Waals surface area contributed by atoms with Crippen LogP contribution in [0.2, 0.25) is 0 Å². The number of para-hydroxylation sites is 1. The third-order valence-electron chi connectivity index (χ3n) is 3.37. The Balaban J connectivity index is 0.000000143. The minimum absolute atomic E-state index is 0.302. The molecule has 0 radical (unpaired) electrons. The second kappa shape index (κ2) is 6.75. The van der Waals surface area contributed by atoms with Crippen molar-refractivity contribution >= 4 is 28.4 Å². The van der Waals surface area contributed by atoms with E-state index in [-0.39, 0.29) is 17.4 Å². The highest BCUT2D eigenvalue weighted by Gasteiger charge is 2.21. The number of amides is 2. The number of imide groups is 1. The van der Waals surface area contributed by atoms with Crippen LogP contribution in [0.3, 0.4) is 0 Å². The Kier molecular flexibility index (Phi) is 4.34. The molecule has 5 nitrogen and oxygen atoms in total. The van der Waals surface area contributed by atoms with Crippen molar-refractivity contribution in [3.05, 3.63) is 88.8 Å². The minimum Gasteiger partial charge on any atom is -0.423 e. The van der Waals surface area contributed by atoms with Gasteiger partial charge >= 0.3 is 5.63 Å². The van der Waals surface area contributed by atoms with E-state index in [4.69, 9.17) is 4.42 Å². The van der Waals surface area contributed by atoms with Crippen molar-refractivity contribution in [2.24, 2.45) is 0 Å². The SMILES string of the molecule is O=C1C=C(c2ccccc2)C(=O)N1.O=c1ccc2ccccc2o1.